The van der Waals surface area contributed by atoms with Crippen LogP contribution >= 0.6 is 31.9 Å². The molecule has 2 heterocycles. The number of benzene rings is 1. The molecule has 1 aromatic carbocycles. The fourth-order valence-electron chi connectivity index (χ4n) is 3.08. The van der Waals surface area contributed by atoms with Crippen molar-refractivity contribution in [1.29, 1.82) is 0 Å². The maximum Gasteiger partial charge on any atom is 0.326 e. The summed E-state index contributed by atoms with van der Waals surface area (Å²) in [5.74, 6) is -4.00. The first-order valence-corrected chi connectivity index (χ1v) is 8.47. The molecule has 8 heteroatoms. The Morgan fingerprint density at radius 1 is 1.26 bits per heavy atom. The number of rotatable bonds is 2. The van der Waals surface area contributed by atoms with Gasteiger partial charge in [0.05, 0.1) is 24.1 Å². The van der Waals surface area contributed by atoms with Crippen LogP contribution in [0.3, 0.4) is 0 Å². The largest absolute Gasteiger partial charge is 0.468 e. The highest BCUT2D eigenvalue weighted by Crippen LogP contribution is 2.49. The van der Waals surface area contributed by atoms with Gasteiger partial charge in [-0.25, -0.2) is 0 Å². The number of carbonyl (C=O) groups excluding carboxylic acids is 3. The summed E-state index contributed by atoms with van der Waals surface area (Å²) in [6.45, 7) is 0.271. The maximum absolute atomic E-state index is 12.4. The van der Waals surface area contributed by atoms with Gasteiger partial charge in [-0.2, -0.15) is 0 Å². The van der Waals surface area contributed by atoms with Crippen LogP contribution in [-0.2, 0) is 23.9 Å². The van der Waals surface area contributed by atoms with E-state index in [1.54, 1.807) is 12.1 Å². The second-order valence-corrected chi connectivity index (χ2v) is 7.09. The average molecular weight is 448 g/mol. The molecule has 3 rings (SSSR count). The van der Waals surface area contributed by atoms with E-state index in [-0.39, 0.29) is 6.61 Å². The number of esters is 3. The van der Waals surface area contributed by atoms with Crippen LogP contribution in [-0.4, -0.2) is 31.6 Å². The van der Waals surface area contributed by atoms with Crippen LogP contribution in [0.2, 0.25) is 0 Å². The van der Waals surface area contributed by atoms with Crippen LogP contribution in [0.15, 0.2) is 21.1 Å². The molecule has 122 valence electrons. The van der Waals surface area contributed by atoms with Crippen molar-refractivity contribution in [2.45, 2.75) is 12.3 Å². The Morgan fingerprint density at radius 3 is 2.61 bits per heavy atom. The quantitative estimate of drug-likeness (QED) is 0.394. The molecular formula is C15H12Br2O6. The molecule has 0 bridgehead atoms. The van der Waals surface area contributed by atoms with Gasteiger partial charge in [0.1, 0.15) is 5.75 Å². The standard InChI is InChI=1S/C15H12Br2O6/c1-21-14(19)11-10(7-2-3-22-13(7)18)8-4-6(16)5-9(17)12(8)23-15(11)20/h4-5,7,10-11H,2-3H2,1H3/t7-,10-,11-/m0/s1. The number of cyclic esters (lactones) is 1. The fourth-order valence-corrected chi connectivity index (χ4v) is 4.42. The molecule has 23 heavy (non-hydrogen) atoms. The lowest BCUT2D eigenvalue weighted by atomic mass is 9.74. The van der Waals surface area contributed by atoms with Crippen molar-refractivity contribution in [1.82, 2.24) is 0 Å². The molecule has 0 aliphatic carbocycles. The van der Waals surface area contributed by atoms with Gasteiger partial charge in [-0.3, -0.25) is 14.4 Å². The highest BCUT2D eigenvalue weighted by Gasteiger charge is 2.51. The van der Waals surface area contributed by atoms with Gasteiger partial charge >= 0.3 is 17.9 Å². The van der Waals surface area contributed by atoms with E-state index in [0.29, 0.717) is 22.2 Å². The summed E-state index contributed by atoms with van der Waals surface area (Å²) in [5, 5.41) is 0. The first-order valence-electron chi connectivity index (χ1n) is 6.89. The van der Waals surface area contributed by atoms with E-state index in [2.05, 4.69) is 31.9 Å². The van der Waals surface area contributed by atoms with Crippen molar-refractivity contribution in [3.05, 3.63) is 26.6 Å². The molecule has 0 amide bonds. The van der Waals surface area contributed by atoms with Gasteiger partial charge in [-0.15, -0.1) is 0 Å². The number of methoxy groups -OCH3 is 1. The molecule has 1 aromatic rings. The Kier molecular flexibility index (Phi) is 4.46. The summed E-state index contributed by atoms with van der Waals surface area (Å²) in [6.07, 6.45) is 0.438. The summed E-state index contributed by atoms with van der Waals surface area (Å²) >= 11 is 6.72. The van der Waals surface area contributed by atoms with Gasteiger partial charge in [0.25, 0.3) is 0 Å². The predicted octanol–water partition coefficient (Wildman–Crippen LogP) is 2.57. The molecule has 1 saturated heterocycles. The van der Waals surface area contributed by atoms with Gasteiger partial charge in [0.2, 0.25) is 0 Å². The first kappa shape index (κ1) is 16.4. The van der Waals surface area contributed by atoms with Gasteiger partial charge in [-0.05, 0) is 34.5 Å². The molecule has 2 aliphatic rings. The van der Waals surface area contributed by atoms with E-state index in [1.807, 2.05) is 0 Å². The van der Waals surface area contributed by atoms with Gasteiger partial charge < -0.3 is 14.2 Å². The molecule has 0 saturated carbocycles. The molecule has 2 aliphatic heterocycles. The number of halogens is 2. The topological polar surface area (TPSA) is 78.9 Å². The van der Waals surface area contributed by atoms with Crippen molar-refractivity contribution in [3.63, 3.8) is 0 Å². The van der Waals surface area contributed by atoms with Crippen LogP contribution in [0.5, 0.6) is 5.75 Å². The van der Waals surface area contributed by atoms with Crippen molar-refractivity contribution < 1.29 is 28.6 Å². The van der Waals surface area contributed by atoms with Crippen LogP contribution in [0, 0.1) is 11.8 Å². The van der Waals surface area contributed by atoms with Crippen molar-refractivity contribution in [2.75, 3.05) is 13.7 Å². The molecule has 6 nitrogen and oxygen atoms in total. The Bertz CT molecular complexity index is 701. The van der Waals surface area contributed by atoms with E-state index < -0.39 is 35.7 Å². The second kappa shape index (κ2) is 6.24. The Hall–Kier alpha value is -1.41. The zero-order valence-corrected chi connectivity index (χ0v) is 15.2. The zero-order valence-electron chi connectivity index (χ0n) is 12.0. The van der Waals surface area contributed by atoms with Crippen molar-refractivity contribution >= 4 is 49.8 Å². The zero-order chi connectivity index (χ0) is 16.7. The molecule has 0 spiro atoms. The third-order valence-electron chi connectivity index (χ3n) is 4.08. The summed E-state index contributed by atoms with van der Waals surface area (Å²) in [5.41, 5.74) is 0.602. The molecule has 0 radical (unpaired) electrons. The van der Waals surface area contributed by atoms with Crippen LogP contribution in [0.1, 0.15) is 17.9 Å². The Labute approximate surface area is 148 Å². The molecule has 0 aromatic heterocycles. The van der Waals surface area contributed by atoms with E-state index in [9.17, 15) is 14.4 Å². The lowest BCUT2D eigenvalue weighted by molar-refractivity contribution is -0.159. The summed E-state index contributed by atoms with van der Waals surface area (Å²) < 4.78 is 16.4. The number of ether oxygens (including phenoxy) is 3. The monoisotopic (exact) mass is 446 g/mol. The fraction of sp³-hybridized carbons (Fsp3) is 0.400. The summed E-state index contributed by atoms with van der Waals surface area (Å²) in [4.78, 5) is 36.6. The van der Waals surface area contributed by atoms with E-state index in [4.69, 9.17) is 14.2 Å². The normalized spacial score (nSPS) is 26.3. The molecule has 0 N–H and O–H groups in total. The first-order chi connectivity index (χ1) is 10.9. The minimum Gasteiger partial charge on any atom is -0.468 e. The summed E-state index contributed by atoms with van der Waals surface area (Å²) in [7, 11) is 1.20. The predicted molar refractivity (Wildman–Crippen MR) is 84.8 cm³/mol. The molecular weight excluding hydrogens is 436 g/mol. The van der Waals surface area contributed by atoms with Crippen LogP contribution < -0.4 is 4.74 Å². The highest BCUT2D eigenvalue weighted by molar-refractivity contribution is 9.11. The molecule has 3 atom stereocenters. The molecule has 0 unspecified atom stereocenters. The number of fused-ring (bicyclic) bond motifs is 1. The number of hydrogen-bond acceptors (Lipinski definition) is 6. The van der Waals surface area contributed by atoms with E-state index in [1.165, 1.54) is 7.11 Å². The van der Waals surface area contributed by atoms with Crippen molar-refractivity contribution in [2.24, 2.45) is 11.8 Å². The lowest BCUT2D eigenvalue weighted by Crippen LogP contribution is -2.42. The van der Waals surface area contributed by atoms with E-state index in [0.717, 1.165) is 4.47 Å². The third kappa shape index (κ3) is 2.78. The highest BCUT2D eigenvalue weighted by atomic mass is 79.9. The minimum atomic E-state index is -1.19. The minimum absolute atomic E-state index is 0.271. The Balaban J connectivity index is 2.18. The smallest absolute Gasteiger partial charge is 0.326 e. The van der Waals surface area contributed by atoms with Crippen LogP contribution in [0.4, 0.5) is 0 Å². The Morgan fingerprint density at radius 2 is 2.00 bits per heavy atom. The third-order valence-corrected chi connectivity index (χ3v) is 5.12. The SMILES string of the molecule is COC(=O)[C@H]1C(=O)Oc2c(Br)cc(Br)cc2[C@@H]1[C@@H]1CCOC1=O. The average Bonchev–Trinajstić information content (AvgIpc) is 2.92. The van der Waals surface area contributed by atoms with Crippen LogP contribution in [0.25, 0.3) is 0 Å². The van der Waals surface area contributed by atoms with Crippen molar-refractivity contribution in [3.8, 4) is 5.75 Å². The lowest BCUT2D eigenvalue weighted by Gasteiger charge is -2.33. The maximum atomic E-state index is 12.4. The molecule has 1 fully saturated rings. The summed E-state index contributed by atoms with van der Waals surface area (Å²) in [6, 6.07) is 3.48. The van der Waals surface area contributed by atoms with E-state index >= 15 is 0 Å². The van der Waals surface area contributed by atoms with Gasteiger partial charge in [0.15, 0.2) is 5.92 Å². The van der Waals surface area contributed by atoms with Gasteiger partial charge in [-0.1, -0.05) is 15.9 Å². The second-order valence-electron chi connectivity index (χ2n) is 5.32. The number of hydrogen-bond donors (Lipinski definition) is 0. The van der Waals surface area contributed by atoms with Gasteiger partial charge in [0, 0.05) is 16.0 Å². The number of carbonyl (C=O) groups is 3.